The molecule has 11 rings (SSSR count). The third-order valence-corrected chi connectivity index (χ3v) is 13.2. The van der Waals surface area contributed by atoms with Gasteiger partial charge in [0.2, 0.25) is 0 Å². The molecule has 1 nitrogen and oxygen atoms in total. The Hall–Kier alpha value is -7.22. The van der Waals surface area contributed by atoms with Crippen molar-refractivity contribution in [3.05, 3.63) is 245 Å². The molecule has 9 aromatic carbocycles. The second kappa shape index (κ2) is 14.0. The van der Waals surface area contributed by atoms with Gasteiger partial charge in [-0.3, -0.25) is 0 Å². The molecule has 1 unspecified atom stereocenters. The number of aryl methyl sites for hydroxylation is 4. The minimum Gasteiger partial charge on any atom is -0.310 e. The zero-order chi connectivity index (χ0) is 40.5. The van der Waals surface area contributed by atoms with E-state index in [0.29, 0.717) is 0 Å². The van der Waals surface area contributed by atoms with Crippen LogP contribution in [0.4, 0.5) is 17.1 Å². The summed E-state index contributed by atoms with van der Waals surface area (Å²) in [6, 6.07) is 74.1. The molecule has 0 aliphatic heterocycles. The molecule has 0 heterocycles. The number of hydrogen-bond donors (Lipinski definition) is 0. The second-order valence-electron chi connectivity index (χ2n) is 16.6. The molecule has 1 atom stereocenters. The van der Waals surface area contributed by atoms with E-state index in [2.05, 4.69) is 233 Å². The standard InChI is InChI=1S/C59H45N/c1-38-16-14-26-52-54(38)50-24-13-17-40(3)56(50)59(52)57-41(4)29-28-39(2)55(57)51-25-15-23-49(58(51)59)48-22-11-12-27-53(48)60(46-34-30-44(31-35-46)42-18-7-5-8-19-42)47-36-32-45(33-37-47)43-20-9-6-10-21-43/h5-37H,1-4H3. The second-order valence-corrected chi connectivity index (χ2v) is 16.6. The van der Waals surface area contributed by atoms with Crippen LogP contribution in [0.3, 0.4) is 0 Å². The lowest BCUT2D eigenvalue weighted by molar-refractivity contribution is 0.780. The van der Waals surface area contributed by atoms with Gasteiger partial charge < -0.3 is 4.90 Å². The maximum atomic E-state index is 2.45. The summed E-state index contributed by atoms with van der Waals surface area (Å²) in [5.74, 6) is 0. The summed E-state index contributed by atoms with van der Waals surface area (Å²) >= 11 is 0. The van der Waals surface area contributed by atoms with Crippen molar-refractivity contribution >= 4 is 17.1 Å². The fourth-order valence-corrected chi connectivity index (χ4v) is 10.7. The molecule has 0 aromatic heterocycles. The predicted octanol–water partition coefficient (Wildman–Crippen LogP) is 15.7. The fourth-order valence-electron chi connectivity index (χ4n) is 10.7. The van der Waals surface area contributed by atoms with Gasteiger partial charge in [0.25, 0.3) is 0 Å². The summed E-state index contributed by atoms with van der Waals surface area (Å²) in [7, 11) is 0. The average molecular weight is 768 g/mol. The van der Waals surface area contributed by atoms with Crippen LogP contribution in [0, 0.1) is 27.7 Å². The summed E-state index contributed by atoms with van der Waals surface area (Å²) in [5, 5.41) is 0. The Bertz CT molecular complexity index is 3020. The first kappa shape index (κ1) is 35.9. The number of hydrogen-bond acceptors (Lipinski definition) is 1. The maximum Gasteiger partial charge on any atom is 0.0736 e. The SMILES string of the molecule is Cc1cccc2c1-c1cccc(C)c1C21c2c(-c3ccccc3N(c3ccc(-c4ccccc4)cc3)c3ccc(-c4ccccc4)cc3)cccc2-c2c(C)ccc(C)c21. The minimum atomic E-state index is -0.494. The largest absolute Gasteiger partial charge is 0.310 e. The van der Waals surface area contributed by atoms with Gasteiger partial charge in [0.05, 0.1) is 11.1 Å². The van der Waals surface area contributed by atoms with E-state index >= 15 is 0 Å². The molecule has 1 heteroatoms. The lowest BCUT2D eigenvalue weighted by Gasteiger charge is -2.35. The van der Waals surface area contributed by atoms with E-state index in [9.17, 15) is 0 Å². The lowest BCUT2D eigenvalue weighted by Crippen LogP contribution is -2.28. The molecule has 0 N–H and O–H groups in total. The first-order chi connectivity index (χ1) is 29.4. The van der Waals surface area contributed by atoms with Crippen LogP contribution >= 0.6 is 0 Å². The van der Waals surface area contributed by atoms with Gasteiger partial charge in [0.1, 0.15) is 0 Å². The Morgan fingerprint density at radius 3 is 1.40 bits per heavy atom. The number of benzene rings is 9. The molecule has 0 saturated carbocycles. The summed E-state index contributed by atoms with van der Waals surface area (Å²) < 4.78 is 0. The summed E-state index contributed by atoms with van der Waals surface area (Å²) in [6.45, 7) is 9.23. The van der Waals surface area contributed by atoms with Gasteiger partial charge in [-0.15, -0.1) is 0 Å². The topological polar surface area (TPSA) is 3.24 Å². The number of para-hydroxylation sites is 1. The third-order valence-electron chi connectivity index (χ3n) is 13.2. The fraction of sp³-hybridized carbons (Fsp3) is 0.0847. The van der Waals surface area contributed by atoms with Crippen molar-refractivity contribution in [2.75, 3.05) is 4.90 Å². The average Bonchev–Trinajstić information content (AvgIpc) is 3.79. The van der Waals surface area contributed by atoms with E-state index in [1.807, 2.05) is 0 Å². The van der Waals surface area contributed by atoms with Crippen molar-refractivity contribution in [2.45, 2.75) is 33.1 Å². The molecule has 9 aromatic rings. The molecule has 1 spiro atoms. The molecular formula is C59H45N. The van der Waals surface area contributed by atoms with Gasteiger partial charge in [-0.1, -0.05) is 170 Å². The minimum absolute atomic E-state index is 0.494. The Morgan fingerprint density at radius 1 is 0.300 bits per heavy atom. The van der Waals surface area contributed by atoms with Gasteiger partial charge in [-0.2, -0.15) is 0 Å². The van der Waals surface area contributed by atoms with Gasteiger partial charge in [-0.25, -0.2) is 0 Å². The van der Waals surface area contributed by atoms with E-state index in [0.717, 1.165) is 17.1 Å². The number of anilines is 3. The van der Waals surface area contributed by atoms with Crippen molar-refractivity contribution in [3.8, 4) is 55.6 Å². The monoisotopic (exact) mass is 767 g/mol. The van der Waals surface area contributed by atoms with Crippen LogP contribution in [0.25, 0.3) is 55.6 Å². The Morgan fingerprint density at radius 2 is 0.750 bits per heavy atom. The Balaban J connectivity index is 1.19. The van der Waals surface area contributed by atoms with Crippen LogP contribution in [0.15, 0.2) is 200 Å². The van der Waals surface area contributed by atoms with Gasteiger partial charge >= 0.3 is 0 Å². The van der Waals surface area contributed by atoms with Crippen molar-refractivity contribution in [2.24, 2.45) is 0 Å². The lowest BCUT2D eigenvalue weighted by atomic mass is 9.66. The summed E-state index contributed by atoms with van der Waals surface area (Å²) in [5.41, 5.74) is 26.4. The van der Waals surface area contributed by atoms with E-state index in [4.69, 9.17) is 0 Å². The van der Waals surface area contributed by atoms with Crippen LogP contribution in [0.5, 0.6) is 0 Å². The van der Waals surface area contributed by atoms with Crippen LogP contribution in [-0.2, 0) is 5.41 Å². The van der Waals surface area contributed by atoms with Crippen LogP contribution in [0.2, 0.25) is 0 Å². The van der Waals surface area contributed by atoms with Crippen LogP contribution in [0.1, 0.15) is 44.5 Å². The molecular weight excluding hydrogens is 723 g/mol. The van der Waals surface area contributed by atoms with Crippen molar-refractivity contribution in [1.29, 1.82) is 0 Å². The Labute approximate surface area is 353 Å². The molecule has 2 aliphatic carbocycles. The highest BCUT2D eigenvalue weighted by Crippen LogP contribution is 2.67. The third kappa shape index (κ3) is 5.25. The van der Waals surface area contributed by atoms with Crippen molar-refractivity contribution < 1.29 is 0 Å². The number of rotatable bonds is 6. The van der Waals surface area contributed by atoms with E-state index in [-0.39, 0.29) is 0 Å². The van der Waals surface area contributed by atoms with Crippen LogP contribution in [-0.4, -0.2) is 0 Å². The van der Waals surface area contributed by atoms with E-state index in [1.54, 1.807) is 0 Å². The summed E-state index contributed by atoms with van der Waals surface area (Å²) in [4.78, 5) is 2.45. The van der Waals surface area contributed by atoms with Gasteiger partial charge in [0.15, 0.2) is 0 Å². The predicted molar refractivity (Wildman–Crippen MR) is 253 cm³/mol. The van der Waals surface area contributed by atoms with E-state index < -0.39 is 5.41 Å². The van der Waals surface area contributed by atoms with Gasteiger partial charge in [-0.05, 0) is 153 Å². The first-order valence-corrected chi connectivity index (χ1v) is 21.1. The smallest absolute Gasteiger partial charge is 0.0736 e. The highest BCUT2D eigenvalue weighted by atomic mass is 15.1. The molecule has 0 fully saturated rings. The molecule has 0 radical (unpaired) electrons. The molecule has 286 valence electrons. The highest BCUT2D eigenvalue weighted by molar-refractivity contribution is 6.03. The molecule has 0 saturated heterocycles. The van der Waals surface area contributed by atoms with E-state index in [1.165, 1.54) is 100 Å². The van der Waals surface area contributed by atoms with Crippen molar-refractivity contribution in [1.82, 2.24) is 0 Å². The Kier molecular flexibility index (Phi) is 8.36. The maximum absolute atomic E-state index is 2.45. The quantitative estimate of drug-likeness (QED) is 0.163. The van der Waals surface area contributed by atoms with Crippen molar-refractivity contribution in [3.63, 3.8) is 0 Å². The molecule has 2 aliphatic rings. The highest BCUT2D eigenvalue weighted by Gasteiger charge is 2.55. The van der Waals surface area contributed by atoms with Crippen LogP contribution < -0.4 is 4.90 Å². The first-order valence-electron chi connectivity index (χ1n) is 21.1. The summed E-state index contributed by atoms with van der Waals surface area (Å²) in [6.07, 6.45) is 0. The number of nitrogens with zero attached hydrogens (tertiary/aromatic N) is 1. The number of fused-ring (bicyclic) bond motifs is 10. The molecule has 0 amide bonds. The zero-order valence-electron chi connectivity index (χ0n) is 34.5. The molecule has 60 heavy (non-hydrogen) atoms. The van der Waals surface area contributed by atoms with Gasteiger partial charge in [0, 0.05) is 16.9 Å². The normalized spacial score (nSPS) is 14.4. The molecule has 0 bridgehead atoms. The zero-order valence-corrected chi connectivity index (χ0v) is 34.5.